The second kappa shape index (κ2) is 6.24. The fourth-order valence-corrected chi connectivity index (χ4v) is 2.66. The zero-order chi connectivity index (χ0) is 13.0. The zero-order valence-electron chi connectivity index (χ0n) is 10.9. The van der Waals surface area contributed by atoms with Crippen molar-refractivity contribution in [3.63, 3.8) is 0 Å². The summed E-state index contributed by atoms with van der Waals surface area (Å²) in [6.45, 7) is 2.95. The third-order valence-corrected chi connectivity index (χ3v) is 3.66. The van der Waals surface area contributed by atoms with Crippen LogP contribution in [0.3, 0.4) is 0 Å². The minimum absolute atomic E-state index is 0.265. The Bertz CT molecular complexity index is 431. The smallest absolute Gasteiger partial charge is 0.226 e. The highest BCUT2D eigenvalue weighted by Crippen LogP contribution is 2.29. The lowest BCUT2D eigenvalue weighted by atomic mass is 10.1. The van der Waals surface area contributed by atoms with Crippen LogP contribution >= 0.6 is 11.6 Å². The molecular formula is C15H20ClNO. The molecule has 18 heavy (non-hydrogen) atoms. The number of hydrogen-bond acceptors (Lipinski definition) is 1. The number of hydrogen-bond donors (Lipinski definition) is 0. The number of alkyl halides is 1. The Morgan fingerprint density at radius 1 is 1.44 bits per heavy atom. The van der Waals surface area contributed by atoms with Gasteiger partial charge in [0.25, 0.3) is 0 Å². The molecular weight excluding hydrogens is 246 g/mol. The number of aryl methyl sites for hydroxylation is 1. The van der Waals surface area contributed by atoms with Crippen LogP contribution in [0.2, 0.25) is 0 Å². The fourth-order valence-electron chi connectivity index (χ4n) is 2.44. The van der Waals surface area contributed by atoms with Gasteiger partial charge in [0.1, 0.15) is 0 Å². The Labute approximate surface area is 114 Å². The van der Waals surface area contributed by atoms with Crippen LogP contribution < -0.4 is 4.90 Å². The first kappa shape index (κ1) is 13.4. The van der Waals surface area contributed by atoms with E-state index in [1.54, 1.807) is 0 Å². The van der Waals surface area contributed by atoms with Gasteiger partial charge in [0.15, 0.2) is 0 Å². The number of rotatable bonds is 5. The van der Waals surface area contributed by atoms with Gasteiger partial charge in [-0.25, -0.2) is 0 Å². The Hall–Kier alpha value is -1.02. The van der Waals surface area contributed by atoms with Gasteiger partial charge in [-0.2, -0.15) is 0 Å². The molecule has 1 aromatic carbocycles. The number of amides is 1. The minimum atomic E-state index is 0.265. The predicted octanol–water partition coefficient (Wildman–Crippen LogP) is 3.55. The van der Waals surface area contributed by atoms with Crippen molar-refractivity contribution in [2.75, 3.05) is 17.3 Å². The second-order valence-corrected chi connectivity index (χ2v) is 5.18. The lowest BCUT2D eigenvalue weighted by Gasteiger charge is -2.17. The van der Waals surface area contributed by atoms with Crippen molar-refractivity contribution in [3.8, 4) is 0 Å². The van der Waals surface area contributed by atoms with Gasteiger partial charge in [-0.05, 0) is 36.5 Å². The summed E-state index contributed by atoms with van der Waals surface area (Å²) in [5.74, 6) is 0.915. The molecule has 0 atom stereocenters. The second-order valence-electron chi connectivity index (χ2n) is 4.80. The van der Waals surface area contributed by atoms with E-state index < -0.39 is 0 Å². The molecule has 0 spiro atoms. The molecule has 1 heterocycles. The summed E-state index contributed by atoms with van der Waals surface area (Å²) in [6.07, 6.45) is 4.59. The van der Waals surface area contributed by atoms with E-state index in [4.69, 9.17) is 11.6 Å². The number of nitrogens with zero attached hydrogens (tertiary/aromatic N) is 1. The topological polar surface area (TPSA) is 20.3 Å². The molecule has 0 saturated heterocycles. The summed E-state index contributed by atoms with van der Waals surface area (Å²) in [5, 5.41) is 0. The molecule has 0 aromatic heterocycles. The van der Waals surface area contributed by atoms with Gasteiger partial charge < -0.3 is 4.90 Å². The molecule has 3 heteroatoms. The lowest BCUT2D eigenvalue weighted by Crippen LogP contribution is -2.28. The molecule has 98 valence electrons. The van der Waals surface area contributed by atoms with E-state index in [1.165, 1.54) is 11.1 Å². The van der Waals surface area contributed by atoms with Crippen molar-refractivity contribution in [1.29, 1.82) is 0 Å². The van der Waals surface area contributed by atoms with Crippen LogP contribution in [0, 0.1) is 0 Å². The standard InChI is InChI=1S/C15H20ClNO/c1-2-3-4-15(18)17-10-8-13-11-12(7-9-16)5-6-14(13)17/h5-6,11H,2-4,7-10H2,1H3. The number of benzene rings is 1. The largest absolute Gasteiger partial charge is 0.312 e. The molecule has 0 N–H and O–H groups in total. The van der Waals surface area contributed by atoms with Crippen LogP contribution in [-0.2, 0) is 17.6 Å². The van der Waals surface area contributed by atoms with Crippen molar-refractivity contribution in [3.05, 3.63) is 29.3 Å². The van der Waals surface area contributed by atoms with E-state index in [2.05, 4.69) is 25.1 Å². The van der Waals surface area contributed by atoms with Gasteiger partial charge >= 0.3 is 0 Å². The van der Waals surface area contributed by atoms with Crippen molar-refractivity contribution < 1.29 is 4.79 Å². The average Bonchev–Trinajstić information content (AvgIpc) is 2.79. The summed E-state index contributed by atoms with van der Waals surface area (Å²) in [4.78, 5) is 14.0. The third kappa shape index (κ3) is 2.86. The molecule has 0 radical (unpaired) electrons. The molecule has 0 fully saturated rings. The zero-order valence-corrected chi connectivity index (χ0v) is 11.7. The van der Waals surface area contributed by atoms with Gasteiger partial charge in [-0.1, -0.05) is 25.5 Å². The van der Waals surface area contributed by atoms with Crippen LogP contribution in [0.5, 0.6) is 0 Å². The number of carbonyl (C=O) groups is 1. The van der Waals surface area contributed by atoms with Gasteiger partial charge in [-0.15, -0.1) is 11.6 Å². The Kier molecular flexibility index (Phi) is 4.65. The van der Waals surface area contributed by atoms with Crippen LogP contribution in [0.4, 0.5) is 5.69 Å². The van der Waals surface area contributed by atoms with Crippen LogP contribution in [0.1, 0.15) is 37.3 Å². The highest BCUT2D eigenvalue weighted by atomic mass is 35.5. The highest BCUT2D eigenvalue weighted by Gasteiger charge is 2.23. The predicted molar refractivity (Wildman–Crippen MR) is 76.4 cm³/mol. The van der Waals surface area contributed by atoms with Gasteiger partial charge in [0.05, 0.1) is 0 Å². The number of anilines is 1. The normalized spacial score (nSPS) is 13.8. The maximum absolute atomic E-state index is 12.1. The van der Waals surface area contributed by atoms with Crippen molar-refractivity contribution in [2.24, 2.45) is 0 Å². The summed E-state index contributed by atoms with van der Waals surface area (Å²) in [6, 6.07) is 6.37. The first-order chi connectivity index (χ1) is 8.76. The van der Waals surface area contributed by atoms with Crippen LogP contribution in [-0.4, -0.2) is 18.3 Å². The molecule has 1 amide bonds. The Balaban J connectivity index is 2.11. The van der Waals surface area contributed by atoms with E-state index in [9.17, 15) is 4.79 Å². The van der Waals surface area contributed by atoms with Gasteiger partial charge in [0.2, 0.25) is 5.91 Å². The minimum Gasteiger partial charge on any atom is -0.312 e. The quantitative estimate of drug-likeness (QED) is 0.746. The maximum atomic E-state index is 12.1. The van der Waals surface area contributed by atoms with Crippen molar-refractivity contribution in [1.82, 2.24) is 0 Å². The van der Waals surface area contributed by atoms with Crippen molar-refractivity contribution in [2.45, 2.75) is 39.0 Å². The summed E-state index contributed by atoms with van der Waals surface area (Å²) in [7, 11) is 0. The van der Waals surface area contributed by atoms with E-state index in [0.717, 1.165) is 37.9 Å². The molecule has 0 bridgehead atoms. The molecule has 1 aromatic rings. The van der Waals surface area contributed by atoms with Gasteiger partial charge in [-0.3, -0.25) is 4.79 Å². The number of fused-ring (bicyclic) bond motifs is 1. The number of unbranched alkanes of at least 4 members (excludes halogenated alkanes) is 1. The molecule has 0 saturated carbocycles. The molecule has 2 rings (SSSR count). The SMILES string of the molecule is CCCCC(=O)N1CCc2cc(CCCl)ccc21. The third-order valence-electron chi connectivity index (χ3n) is 3.47. The van der Waals surface area contributed by atoms with E-state index in [0.29, 0.717) is 12.3 Å². The number of carbonyl (C=O) groups excluding carboxylic acids is 1. The maximum Gasteiger partial charge on any atom is 0.226 e. The summed E-state index contributed by atoms with van der Waals surface area (Å²) >= 11 is 5.76. The van der Waals surface area contributed by atoms with Crippen LogP contribution in [0.15, 0.2) is 18.2 Å². The molecule has 2 nitrogen and oxygen atoms in total. The number of halogens is 1. The monoisotopic (exact) mass is 265 g/mol. The Morgan fingerprint density at radius 3 is 3.00 bits per heavy atom. The van der Waals surface area contributed by atoms with E-state index in [1.807, 2.05) is 4.90 Å². The lowest BCUT2D eigenvalue weighted by molar-refractivity contribution is -0.118. The fraction of sp³-hybridized carbons (Fsp3) is 0.533. The first-order valence-electron chi connectivity index (χ1n) is 6.74. The molecule has 0 unspecified atom stereocenters. The Morgan fingerprint density at radius 2 is 2.28 bits per heavy atom. The molecule has 1 aliphatic heterocycles. The first-order valence-corrected chi connectivity index (χ1v) is 7.28. The van der Waals surface area contributed by atoms with Crippen molar-refractivity contribution >= 4 is 23.2 Å². The van der Waals surface area contributed by atoms with Gasteiger partial charge in [0, 0.05) is 24.5 Å². The van der Waals surface area contributed by atoms with E-state index >= 15 is 0 Å². The highest BCUT2D eigenvalue weighted by molar-refractivity contribution is 6.18. The molecule has 0 aliphatic carbocycles. The van der Waals surface area contributed by atoms with E-state index in [-0.39, 0.29) is 5.91 Å². The molecule has 1 aliphatic rings. The average molecular weight is 266 g/mol. The summed E-state index contributed by atoms with van der Waals surface area (Å²) < 4.78 is 0. The summed E-state index contributed by atoms with van der Waals surface area (Å²) in [5.41, 5.74) is 3.67. The van der Waals surface area contributed by atoms with Crippen LogP contribution in [0.25, 0.3) is 0 Å².